The van der Waals surface area contributed by atoms with Gasteiger partial charge in [0.15, 0.2) is 0 Å². The molecule has 0 spiro atoms. The molecule has 1 heterocycles. The maximum atomic E-state index is 5.82. The highest BCUT2D eigenvalue weighted by atomic mass is 16.5. The Morgan fingerprint density at radius 3 is 2.22 bits per heavy atom. The molecule has 2 aromatic carbocycles. The van der Waals surface area contributed by atoms with Gasteiger partial charge in [-0.2, -0.15) is 0 Å². The molecular formula is C24H29NO2. The van der Waals surface area contributed by atoms with Crippen molar-refractivity contribution in [1.82, 2.24) is 0 Å². The van der Waals surface area contributed by atoms with Gasteiger partial charge in [0.2, 0.25) is 0 Å². The minimum Gasteiger partial charge on any atom is -0.497 e. The molecule has 1 fully saturated rings. The lowest BCUT2D eigenvalue weighted by molar-refractivity contribution is -0.00442. The summed E-state index contributed by atoms with van der Waals surface area (Å²) in [6, 6.07) is 20.6. The molecule has 1 aliphatic heterocycles. The van der Waals surface area contributed by atoms with Gasteiger partial charge in [0.05, 0.1) is 18.4 Å². The van der Waals surface area contributed by atoms with E-state index < -0.39 is 0 Å². The smallest absolute Gasteiger partial charge is 0.114 e. The van der Waals surface area contributed by atoms with Crippen LogP contribution in [0.15, 0.2) is 78.0 Å². The van der Waals surface area contributed by atoms with Crippen molar-refractivity contribution in [3.05, 3.63) is 84.1 Å². The maximum absolute atomic E-state index is 5.82. The van der Waals surface area contributed by atoms with Gasteiger partial charge in [0.25, 0.3) is 0 Å². The zero-order valence-corrected chi connectivity index (χ0v) is 16.3. The van der Waals surface area contributed by atoms with Crippen molar-refractivity contribution >= 4 is 5.71 Å². The van der Waals surface area contributed by atoms with Crippen molar-refractivity contribution in [3.8, 4) is 0 Å². The fourth-order valence-electron chi connectivity index (χ4n) is 3.68. The molecule has 0 saturated carbocycles. The third kappa shape index (κ3) is 5.08. The summed E-state index contributed by atoms with van der Waals surface area (Å²) in [6.45, 7) is 9.71. The first-order chi connectivity index (χ1) is 13.2. The van der Waals surface area contributed by atoms with E-state index in [4.69, 9.17) is 14.5 Å². The Hall–Kier alpha value is -2.39. The molecule has 3 atom stereocenters. The van der Waals surface area contributed by atoms with Crippen LogP contribution in [-0.4, -0.2) is 31.1 Å². The number of benzene rings is 2. The molecule has 2 aromatic rings. The first-order valence-electron chi connectivity index (χ1n) is 9.81. The first kappa shape index (κ1) is 19.4. The van der Waals surface area contributed by atoms with E-state index in [2.05, 4.69) is 62.0 Å². The number of hydrogen-bond acceptors (Lipinski definition) is 3. The number of hydrogen-bond donors (Lipinski definition) is 0. The molecule has 0 amide bonds. The Kier molecular flexibility index (Phi) is 6.83. The van der Waals surface area contributed by atoms with E-state index in [0.717, 1.165) is 42.0 Å². The minimum absolute atomic E-state index is 0.0771. The van der Waals surface area contributed by atoms with Gasteiger partial charge < -0.3 is 9.47 Å². The highest BCUT2D eigenvalue weighted by molar-refractivity contribution is 6.13. The van der Waals surface area contributed by atoms with Crippen LogP contribution < -0.4 is 0 Å². The summed E-state index contributed by atoms with van der Waals surface area (Å²) in [5, 5.41) is 0. The van der Waals surface area contributed by atoms with E-state index >= 15 is 0 Å². The van der Waals surface area contributed by atoms with Crippen molar-refractivity contribution in [2.75, 3.05) is 13.2 Å². The fraction of sp³-hybridized carbons (Fsp3) is 0.375. The molecule has 1 aliphatic rings. The monoisotopic (exact) mass is 363 g/mol. The van der Waals surface area contributed by atoms with Gasteiger partial charge in [0, 0.05) is 17.7 Å². The average molecular weight is 364 g/mol. The number of aliphatic imine (C=N–C) groups is 1. The molecule has 0 aliphatic carbocycles. The van der Waals surface area contributed by atoms with E-state index in [1.54, 1.807) is 0 Å². The predicted octanol–water partition coefficient (Wildman–Crippen LogP) is 5.26. The molecule has 0 radical (unpaired) electrons. The van der Waals surface area contributed by atoms with Crippen LogP contribution in [0.25, 0.3) is 0 Å². The van der Waals surface area contributed by atoms with Crippen molar-refractivity contribution in [2.45, 2.75) is 38.8 Å². The van der Waals surface area contributed by atoms with Gasteiger partial charge in [-0.05, 0) is 32.6 Å². The summed E-state index contributed by atoms with van der Waals surface area (Å²) < 4.78 is 11.6. The lowest BCUT2D eigenvalue weighted by atomic mass is 9.87. The normalized spacial score (nSPS) is 20.5. The van der Waals surface area contributed by atoms with Crippen LogP contribution in [0.5, 0.6) is 0 Å². The van der Waals surface area contributed by atoms with E-state index in [-0.39, 0.29) is 12.1 Å². The summed E-state index contributed by atoms with van der Waals surface area (Å²) in [6.07, 6.45) is 2.19. The summed E-state index contributed by atoms with van der Waals surface area (Å²) >= 11 is 0. The van der Waals surface area contributed by atoms with Gasteiger partial charge in [-0.1, -0.05) is 67.2 Å². The van der Waals surface area contributed by atoms with Crippen LogP contribution in [0.1, 0.15) is 37.8 Å². The third-order valence-corrected chi connectivity index (χ3v) is 4.99. The fourth-order valence-corrected chi connectivity index (χ4v) is 3.68. The maximum Gasteiger partial charge on any atom is 0.114 e. The zero-order valence-electron chi connectivity index (χ0n) is 16.3. The van der Waals surface area contributed by atoms with Crippen molar-refractivity contribution in [3.63, 3.8) is 0 Å². The highest BCUT2D eigenvalue weighted by Gasteiger charge is 2.30. The molecule has 0 N–H and O–H groups in total. The van der Waals surface area contributed by atoms with Gasteiger partial charge in [-0.25, -0.2) is 0 Å². The Balaban J connectivity index is 2.03. The molecule has 1 unspecified atom stereocenters. The second-order valence-corrected chi connectivity index (χ2v) is 7.02. The average Bonchev–Trinajstić information content (AvgIpc) is 2.70. The molecule has 3 heteroatoms. The van der Waals surface area contributed by atoms with Crippen molar-refractivity contribution < 1.29 is 9.47 Å². The van der Waals surface area contributed by atoms with Crippen LogP contribution in [0.4, 0.5) is 0 Å². The number of nitrogens with zero attached hydrogens (tertiary/aromatic N) is 1. The van der Waals surface area contributed by atoms with Crippen LogP contribution >= 0.6 is 0 Å². The highest BCUT2D eigenvalue weighted by Crippen LogP contribution is 2.30. The Morgan fingerprint density at radius 2 is 1.70 bits per heavy atom. The van der Waals surface area contributed by atoms with Crippen LogP contribution in [-0.2, 0) is 9.47 Å². The molecule has 1 saturated heterocycles. The van der Waals surface area contributed by atoms with E-state index in [1.807, 2.05) is 19.1 Å². The molecule has 0 bridgehead atoms. The Morgan fingerprint density at radius 1 is 1.11 bits per heavy atom. The third-order valence-electron chi connectivity index (χ3n) is 4.99. The van der Waals surface area contributed by atoms with E-state index in [0.29, 0.717) is 12.5 Å². The second-order valence-electron chi connectivity index (χ2n) is 7.02. The van der Waals surface area contributed by atoms with Gasteiger partial charge >= 0.3 is 0 Å². The predicted molar refractivity (Wildman–Crippen MR) is 111 cm³/mol. The Labute approximate surface area is 162 Å². The number of rotatable bonds is 7. The van der Waals surface area contributed by atoms with Crippen molar-refractivity contribution in [2.24, 2.45) is 10.9 Å². The molecule has 0 aromatic heterocycles. The molecule has 3 rings (SSSR count). The van der Waals surface area contributed by atoms with Crippen LogP contribution in [0.2, 0.25) is 0 Å². The van der Waals surface area contributed by atoms with Gasteiger partial charge in [-0.3, -0.25) is 4.99 Å². The molecule has 27 heavy (non-hydrogen) atoms. The molecular weight excluding hydrogens is 334 g/mol. The van der Waals surface area contributed by atoms with Crippen LogP contribution in [0, 0.1) is 5.92 Å². The number of ether oxygens (including phenoxy) is 2. The first-order valence-corrected chi connectivity index (χ1v) is 9.81. The zero-order chi connectivity index (χ0) is 19.1. The quantitative estimate of drug-likeness (QED) is 0.496. The largest absolute Gasteiger partial charge is 0.497 e. The lowest BCUT2D eigenvalue weighted by Crippen LogP contribution is -2.33. The van der Waals surface area contributed by atoms with E-state index in [9.17, 15) is 0 Å². The molecule has 3 nitrogen and oxygen atoms in total. The summed E-state index contributed by atoms with van der Waals surface area (Å²) in [5.41, 5.74) is 3.21. The van der Waals surface area contributed by atoms with Crippen molar-refractivity contribution in [1.29, 1.82) is 0 Å². The summed E-state index contributed by atoms with van der Waals surface area (Å²) in [5.74, 6) is 1.12. The minimum atomic E-state index is -0.0771. The standard InChI is InChI=1S/C24H29NO2/c1-4-26-19(3)23(22-15-16-27-18(2)17-22)25-24(20-11-7-5-8-12-20)21-13-9-6-10-14-21/h5-14,18,22-23H,3-4,15-17H2,1-2H3/t18-,22+,23?/m0/s1. The topological polar surface area (TPSA) is 30.8 Å². The Bertz CT molecular complexity index is 713. The van der Waals surface area contributed by atoms with Gasteiger partial charge in [-0.15, -0.1) is 0 Å². The summed E-state index contributed by atoms with van der Waals surface area (Å²) in [4.78, 5) is 5.23. The molecule has 142 valence electrons. The van der Waals surface area contributed by atoms with Gasteiger partial charge in [0.1, 0.15) is 11.8 Å². The van der Waals surface area contributed by atoms with E-state index in [1.165, 1.54) is 0 Å². The SMILES string of the molecule is C=C(OCC)C(N=C(c1ccccc1)c1ccccc1)[C@@H]1CCO[C@@H](C)C1. The second kappa shape index (κ2) is 9.52. The van der Waals surface area contributed by atoms with Crippen LogP contribution in [0.3, 0.4) is 0 Å². The lowest BCUT2D eigenvalue weighted by Gasteiger charge is -2.32. The summed E-state index contributed by atoms with van der Waals surface area (Å²) in [7, 11) is 0.